The zero-order valence-electron chi connectivity index (χ0n) is 10.5. The van der Waals surface area contributed by atoms with Crippen molar-refractivity contribution in [3.63, 3.8) is 0 Å². The molecule has 0 saturated carbocycles. The Labute approximate surface area is 106 Å². The van der Waals surface area contributed by atoms with E-state index in [1.165, 1.54) is 0 Å². The van der Waals surface area contributed by atoms with E-state index in [-0.39, 0.29) is 11.4 Å². The molecule has 0 fully saturated rings. The van der Waals surface area contributed by atoms with E-state index in [2.05, 4.69) is 23.7 Å². The van der Waals surface area contributed by atoms with Crippen LogP contribution in [0.1, 0.15) is 19.4 Å². The first kappa shape index (κ1) is 12.2. The van der Waals surface area contributed by atoms with Crippen molar-refractivity contribution in [2.75, 3.05) is 18.0 Å². The Hall–Kier alpha value is -2.28. The van der Waals surface area contributed by atoms with Gasteiger partial charge >= 0.3 is 0 Å². The minimum Gasteiger partial charge on any atom is -0.492 e. The highest BCUT2D eigenvalue weighted by molar-refractivity contribution is 5.84. The van der Waals surface area contributed by atoms with Crippen LogP contribution in [0, 0.1) is 11.3 Å². The quantitative estimate of drug-likeness (QED) is 0.897. The monoisotopic (exact) mass is 241 g/mol. The van der Waals surface area contributed by atoms with Gasteiger partial charge in [0.15, 0.2) is 0 Å². The SMILES string of the molecule is CCN(CC)c1ccc2cc(C#N)c(O)nc2c1. The molecule has 1 aromatic carbocycles. The van der Waals surface area contributed by atoms with E-state index in [0.717, 1.165) is 24.2 Å². The van der Waals surface area contributed by atoms with Gasteiger partial charge in [-0.2, -0.15) is 5.26 Å². The van der Waals surface area contributed by atoms with Crippen LogP contribution < -0.4 is 4.90 Å². The first-order chi connectivity index (χ1) is 8.69. The summed E-state index contributed by atoms with van der Waals surface area (Å²) in [5, 5.41) is 19.3. The Bertz CT molecular complexity index is 612. The van der Waals surface area contributed by atoms with Crippen molar-refractivity contribution in [2.24, 2.45) is 0 Å². The summed E-state index contributed by atoms with van der Waals surface area (Å²) in [7, 11) is 0. The molecule has 0 radical (unpaired) electrons. The van der Waals surface area contributed by atoms with E-state index in [4.69, 9.17) is 5.26 Å². The zero-order valence-corrected chi connectivity index (χ0v) is 10.5. The van der Waals surface area contributed by atoms with Crippen LogP contribution in [0.3, 0.4) is 0 Å². The third-order valence-electron chi connectivity index (χ3n) is 3.03. The van der Waals surface area contributed by atoms with E-state index in [1.54, 1.807) is 6.07 Å². The first-order valence-corrected chi connectivity index (χ1v) is 5.98. The molecule has 2 rings (SSSR count). The molecule has 4 heteroatoms. The van der Waals surface area contributed by atoms with Crippen LogP contribution in [-0.4, -0.2) is 23.2 Å². The predicted octanol–water partition coefficient (Wildman–Crippen LogP) is 2.66. The molecule has 0 atom stereocenters. The largest absolute Gasteiger partial charge is 0.492 e. The minimum absolute atomic E-state index is 0.207. The number of pyridine rings is 1. The van der Waals surface area contributed by atoms with Gasteiger partial charge in [-0.05, 0) is 32.0 Å². The van der Waals surface area contributed by atoms with Gasteiger partial charge in [0.05, 0.1) is 5.52 Å². The molecule has 1 aromatic heterocycles. The van der Waals surface area contributed by atoms with Crippen LogP contribution in [0.2, 0.25) is 0 Å². The Morgan fingerprint density at radius 2 is 2.00 bits per heavy atom. The van der Waals surface area contributed by atoms with Crippen molar-refractivity contribution < 1.29 is 5.11 Å². The van der Waals surface area contributed by atoms with E-state index in [0.29, 0.717) is 5.52 Å². The Kier molecular flexibility index (Phi) is 3.33. The van der Waals surface area contributed by atoms with Crippen molar-refractivity contribution in [3.8, 4) is 11.9 Å². The van der Waals surface area contributed by atoms with Gasteiger partial charge in [0, 0.05) is 24.2 Å². The number of anilines is 1. The topological polar surface area (TPSA) is 60.2 Å². The molecule has 0 unspecified atom stereocenters. The van der Waals surface area contributed by atoms with Crippen molar-refractivity contribution in [3.05, 3.63) is 29.8 Å². The summed E-state index contributed by atoms with van der Waals surface area (Å²) in [5.41, 5.74) is 1.98. The van der Waals surface area contributed by atoms with Crippen molar-refractivity contribution in [2.45, 2.75) is 13.8 Å². The minimum atomic E-state index is -0.207. The highest BCUT2D eigenvalue weighted by Crippen LogP contribution is 2.25. The number of nitriles is 1. The van der Waals surface area contributed by atoms with Crippen LogP contribution in [0.4, 0.5) is 5.69 Å². The standard InChI is InChI=1S/C14H15N3O/c1-3-17(4-2)12-6-5-10-7-11(9-15)14(18)16-13(10)8-12/h5-8H,3-4H2,1-2H3,(H,16,18). The number of fused-ring (bicyclic) bond motifs is 1. The molecular formula is C14H15N3O. The maximum absolute atomic E-state index is 9.61. The Morgan fingerprint density at radius 1 is 1.28 bits per heavy atom. The van der Waals surface area contributed by atoms with Crippen LogP contribution in [-0.2, 0) is 0 Å². The summed E-state index contributed by atoms with van der Waals surface area (Å²) >= 11 is 0. The third-order valence-corrected chi connectivity index (χ3v) is 3.03. The highest BCUT2D eigenvalue weighted by atomic mass is 16.3. The lowest BCUT2D eigenvalue weighted by Gasteiger charge is -2.21. The maximum Gasteiger partial charge on any atom is 0.229 e. The molecule has 1 N–H and O–H groups in total. The van der Waals surface area contributed by atoms with Crippen LogP contribution in [0.5, 0.6) is 5.88 Å². The van der Waals surface area contributed by atoms with Crippen LogP contribution in [0.25, 0.3) is 10.9 Å². The Morgan fingerprint density at radius 3 is 2.61 bits per heavy atom. The fourth-order valence-corrected chi connectivity index (χ4v) is 2.01. The average Bonchev–Trinajstić information content (AvgIpc) is 2.39. The smallest absolute Gasteiger partial charge is 0.229 e. The summed E-state index contributed by atoms with van der Waals surface area (Å²) in [5.74, 6) is -0.207. The molecule has 18 heavy (non-hydrogen) atoms. The summed E-state index contributed by atoms with van der Waals surface area (Å²) in [6.45, 7) is 6.03. The normalized spacial score (nSPS) is 10.3. The lowest BCUT2D eigenvalue weighted by molar-refractivity contribution is 0.454. The van der Waals surface area contributed by atoms with Gasteiger partial charge in [-0.1, -0.05) is 6.07 Å². The molecule has 0 saturated heterocycles. The fraction of sp³-hybridized carbons (Fsp3) is 0.286. The average molecular weight is 241 g/mol. The molecule has 0 aliphatic rings. The molecular weight excluding hydrogens is 226 g/mol. The second kappa shape index (κ2) is 4.92. The molecule has 92 valence electrons. The molecule has 0 spiro atoms. The molecule has 0 bridgehead atoms. The van der Waals surface area contributed by atoms with Crippen LogP contribution in [0.15, 0.2) is 24.3 Å². The number of aromatic nitrogens is 1. The summed E-state index contributed by atoms with van der Waals surface area (Å²) < 4.78 is 0. The number of benzene rings is 1. The lowest BCUT2D eigenvalue weighted by Crippen LogP contribution is -2.21. The van der Waals surface area contributed by atoms with E-state index >= 15 is 0 Å². The number of rotatable bonds is 3. The predicted molar refractivity (Wildman–Crippen MR) is 71.7 cm³/mol. The van der Waals surface area contributed by atoms with Crippen molar-refractivity contribution in [1.29, 1.82) is 5.26 Å². The number of nitrogens with zero attached hydrogens (tertiary/aromatic N) is 3. The first-order valence-electron chi connectivity index (χ1n) is 5.98. The molecule has 2 aromatic rings. The second-order valence-electron chi connectivity index (χ2n) is 4.02. The van der Waals surface area contributed by atoms with Gasteiger partial charge in [-0.15, -0.1) is 0 Å². The van der Waals surface area contributed by atoms with Gasteiger partial charge in [-0.3, -0.25) is 0 Å². The molecule has 0 aliphatic carbocycles. The van der Waals surface area contributed by atoms with E-state index in [9.17, 15) is 5.11 Å². The van der Waals surface area contributed by atoms with Crippen LogP contribution >= 0.6 is 0 Å². The highest BCUT2D eigenvalue weighted by Gasteiger charge is 2.07. The molecule has 1 heterocycles. The van der Waals surface area contributed by atoms with Gasteiger partial charge in [-0.25, -0.2) is 4.98 Å². The van der Waals surface area contributed by atoms with Gasteiger partial charge in [0.25, 0.3) is 0 Å². The molecule has 4 nitrogen and oxygen atoms in total. The number of aromatic hydroxyl groups is 1. The molecule has 0 aliphatic heterocycles. The third kappa shape index (κ3) is 2.07. The summed E-state index contributed by atoms with van der Waals surface area (Å²) in [6, 6.07) is 9.45. The van der Waals surface area contributed by atoms with Crippen molar-refractivity contribution >= 4 is 16.6 Å². The van der Waals surface area contributed by atoms with Gasteiger partial charge in [0.1, 0.15) is 11.6 Å². The Balaban J connectivity index is 2.56. The van der Waals surface area contributed by atoms with Crippen molar-refractivity contribution in [1.82, 2.24) is 4.98 Å². The van der Waals surface area contributed by atoms with Gasteiger partial charge in [0.2, 0.25) is 5.88 Å². The number of hydrogen-bond donors (Lipinski definition) is 1. The van der Waals surface area contributed by atoms with Gasteiger partial charge < -0.3 is 10.0 Å². The number of hydrogen-bond acceptors (Lipinski definition) is 4. The maximum atomic E-state index is 9.61. The zero-order chi connectivity index (χ0) is 13.1. The van der Waals surface area contributed by atoms with E-state index < -0.39 is 0 Å². The van der Waals surface area contributed by atoms with E-state index in [1.807, 2.05) is 24.3 Å². The lowest BCUT2D eigenvalue weighted by atomic mass is 10.1. The fourth-order valence-electron chi connectivity index (χ4n) is 2.01. The summed E-state index contributed by atoms with van der Waals surface area (Å²) in [6.07, 6.45) is 0. The second-order valence-corrected chi connectivity index (χ2v) is 4.02. The summed E-state index contributed by atoms with van der Waals surface area (Å²) in [4.78, 5) is 6.27. The molecule has 0 amide bonds.